The second-order valence-electron chi connectivity index (χ2n) is 3.51. The lowest BCUT2D eigenvalue weighted by atomic mass is 10.2. The van der Waals surface area contributed by atoms with Crippen LogP contribution in [0, 0.1) is 0 Å². The number of methoxy groups -OCH3 is 2. The minimum atomic E-state index is 0.438. The van der Waals surface area contributed by atoms with Crippen LogP contribution in [0.1, 0.15) is 12.7 Å². The Kier molecular flexibility index (Phi) is 3.33. The van der Waals surface area contributed by atoms with E-state index in [0.29, 0.717) is 16.7 Å². The SMILES string of the molecule is CCc1nc(Cl)c2cc(OC)c(OC)cc2n1. The van der Waals surface area contributed by atoms with Gasteiger partial charge in [-0.2, -0.15) is 0 Å². The Labute approximate surface area is 105 Å². The fourth-order valence-electron chi connectivity index (χ4n) is 1.62. The molecule has 90 valence electrons. The predicted molar refractivity (Wildman–Crippen MR) is 67.0 cm³/mol. The zero-order valence-corrected chi connectivity index (χ0v) is 10.7. The van der Waals surface area contributed by atoms with Crippen molar-refractivity contribution < 1.29 is 9.47 Å². The van der Waals surface area contributed by atoms with Gasteiger partial charge in [0.25, 0.3) is 0 Å². The summed E-state index contributed by atoms with van der Waals surface area (Å²) in [5.74, 6) is 1.97. The predicted octanol–water partition coefficient (Wildman–Crippen LogP) is 2.86. The van der Waals surface area contributed by atoms with E-state index in [-0.39, 0.29) is 0 Å². The van der Waals surface area contributed by atoms with Gasteiger partial charge in [-0.05, 0) is 6.07 Å². The van der Waals surface area contributed by atoms with Crippen molar-refractivity contribution >= 4 is 22.5 Å². The van der Waals surface area contributed by atoms with Crippen LogP contribution in [0.2, 0.25) is 5.15 Å². The lowest BCUT2D eigenvalue weighted by Crippen LogP contribution is -1.97. The molecule has 2 aromatic rings. The second kappa shape index (κ2) is 4.75. The van der Waals surface area contributed by atoms with Crippen LogP contribution in [0.5, 0.6) is 11.5 Å². The fraction of sp³-hybridized carbons (Fsp3) is 0.333. The zero-order valence-electron chi connectivity index (χ0n) is 9.95. The summed E-state index contributed by atoms with van der Waals surface area (Å²) < 4.78 is 10.4. The molecule has 1 aromatic carbocycles. The van der Waals surface area contributed by atoms with Crippen LogP contribution in [-0.2, 0) is 6.42 Å². The number of halogens is 1. The monoisotopic (exact) mass is 252 g/mol. The van der Waals surface area contributed by atoms with Gasteiger partial charge in [0, 0.05) is 17.9 Å². The molecule has 0 atom stereocenters. The number of hydrogen-bond acceptors (Lipinski definition) is 4. The van der Waals surface area contributed by atoms with Gasteiger partial charge in [0.15, 0.2) is 11.5 Å². The van der Waals surface area contributed by atoms with Gasteiger partial charge in [0.2, 0.25) is 0 Å². The molecule has 0 saturated carbocycles. The maximum absolute atomic E-state index is 6.12. The third-order valence-electron chi connectivity index (χ3n) is 2.52. The van der Waals surface area contributed by atoms with Crippen molar-refractivity contribution in [3.8, 4) is 11.5 Å². The third-order valence-corrected chi connectivity index (χ3v) is 2.81. The number of fused-ring (bicyclic) bond motifs is 1. The summed E-state index contributed by atoms with van der Waals surface area (Å²) in [6.45, 7) is 1.98. The van der Waals surface area contributed by atoms with Crippen LogP contribution in [0.25, 0.3) is 10.9 Å². The van der Waals surface area contributed by atoms with Gasteiger partial charge >= 0.3 is 0 Å². The molecular formula is C12H13ClN2O2. The molecule has 17 heavy (non-hydrogen) atoms. The molecule has 0 aliphatic heterocycles. The molecule has 0 amide bonds. The third kappa shape index (κ3) is 2.13. The summed E-state index contributed by atoms with van der Waals surface area (Å²) in [4.78, 5) is 8.62. The van der Waals surface area contributed by atoms with Crippen LogP contribution in [0.3, 0.4) is 0 Å². The van der Waals surface area contributed by atoms with Gasteiger partial charge < -0.3 is 9.47 Å². The van der Waals surface area contributed by atoms with Gasteiger partial charge in [-0.15, -0.1) is 0 Å². The highest BCUT2D eigenvalue weighted by Gasteiger charge is 2.11. The van der Waals surface area contributed by atoms with E-state index < -0.39 is 0 Å². The number of nitrogens with zero attached hydrogens (tertiary/aromatic N) is 2. The maximum atomic E-state index is 6.12. The average molecular weight is 253 g/mol. The molecule has 0 saturated heterocycles. The molecule has 2 rings (SSSR count). The van der Waals surface area contributed by atoms with Crippen molar-refractivity contribution in [2.75, 3.05) is 14.2 Å². The quantitative estimate of drug-likeness (QED) is 0.788. The first-order chi connectivity index (χ1) is 8.19. The summed E-state index contributed by atoms with van der Waals surface area (Å²) in [7, 11) is 3.17. The van der Waals surface area contributed by atoms with Gasteiger partial charge in [-0.1, -0.05) is 18.5 Å². The molecule has 0 N–H and O–H groups in total. The molecule has 0 aliphatic carbocycles. The Balaban J connectivity index is 2.73. The lowest BCUT2D eigenvalue weighted by molar-refractivity contribution is 0.355. The Hall–Kier alpha value is -1.55. The fourth-order valence-corrected chi connectivity index (χ4v) is 1.87. The molecule has 4 nitrogen and oxygen atoms in total. The van der Waals surface area contributed by atoms with Gasteiger partial charge in [-0.25, -0.2) is 9.97 Å². The van der Waals surface area contributed by atoms with Gasteiger partial charge in [0.05, 0.1) is 19.7 Å². The average Bonchev–Trinajstić information content (AvgIpc) is 2.36. The first kappa shape index (κ1) is 11.9. The normalized spacial score (nSPS) is 10.6. The van der Waals surface area contributed by atoms with Crippen LogP contribution in [-0.4, -0.2) is 24.2 Å². The highest BCUT2D eigenvalue weighted by Crippen LogP contribution is 2.33. The number of ether oxygens (including phenoxy) is 2. The van der Waals surface area contributed by atoms with E-state index in [0.717, 1.165) is 23.1 Å². The minimum Gasteiger partial charge on any atom is -0.493 e. The first-order valence-corrected chi connectivity index (χ1v) is 5.65. The Bertz CT molecular complexity index is 558. The van der Waals surface area contributed by atoms with E-state index in [2.05, 4.69) is 9.97 Å². The summed E-state index contributed by atoms with van der Waals surface area (Å²) in [5.41, 5.74) is 0.763. The molecule has 0 bridgehead atoms. The molecule has 5 heteroatoms. The summed E-state index contributed by atoms with van der Waals surface area (Å²) in [6.07, 6.45) is 0.740. The lowest BCUT2D eigenvalue weighted by Gasteiger charge is -2.10. The molecule has 0 spiro atoms. The van der Waals surface area contributed by atoms with Crippen molar-refractivity contribution in [3.05, 3.63) is 23.1 Å². The second-order valence-corrected chi connectivity index (χ2v) is 3.87. The molecule has 1 aromatic heterocycles. The highest BCUT2D eigenvalue weighted by molar-refractivity contribution is 6.34. The van der Waals surface area contributed by atoms with Crippen LogP contribution in [0.4, 0.5) is 0 Å². The van der Waals surface area contributed by atoms with E-state index >= 15 is 0 Å². The molecule has 0 fully saturated rings. The largest absolute Gasteiger partial charge is 0.493 e. The molecule has 1 heterocycles. The van der Waals surface area contributed by atoms with Gasteiger partial charge in [0.1, 0.15) is 11.0 Å². The van der Waals surface area contributed by atoms with Crippen LogP contribution in [0.15, 0.2) is 12.1 Å². The topological polar surface area (TPSA) is 44.2 Å². The molecular weight excluding hydrogens is 240 g/mol. The van der Waals surface area contributed by atoms with Crippen molar-refractivity contribution in [2.24, 2.45) is 0 Å². The number of hydrogen-bond donors (Lipinski definition) is 0. The van der Waals surface area contributed by atoms with Gasteiger partial charge in [-0.3, -0.25) is 0 Å². The number of benzene rings is 1. The Morgan fingerprint density at radius 1 is 1.12 bits per heavy atom. The molecule has 0 unspecified atom stereocenters. The van der Waals surface area contributed by atoms with E-state index in [9.17, 15) is 0 Å². The summed E-state index contributed by atoms with van der Waals surface area (Å²) in [6, 6.07) is 3.59. The molecule has 0 radical (unpaired) electrons. The standard InChI is InChI=1S/C12H13ClN2O2/c1-4-11-14-8-6-10(17-3)9(16-2)5-7(8)12(13)15-11/h5-6H,4H2,1-3H3. The summed E-state index contributed by atoms with van der Waals surface area (Å²) in [5, 5.41) is 1.20. The Morgan fingerprint density at radius 3 is 2.35 bits per heavy atom. The number of aryl methyl sites for hydroxylation is 1. The van der Waals surface area contributed by atoms with Crippen molar-refractivity contribution in [1.82, 2.24) is 9.97 Å². The highest BCUT2D eigenvalue weighted by atomic mass is 35.5. The van der Waals surface area contributed by atoms with Crippen molar-refractivity contribution in [1.29, 1.82) is 0 Å². The smallest absolute Gasteiger partial charge is 0.162 e. The Morgan fingerprint density at radius 2 is 1.76 bits per heavy atom. The zero-order chi connectivity index (χ0) is 12.4. The van der Waals surface area contributed by atoms with E-state index in [1.807, 2.05) is 6.92 Å². The maximum Gasteiger partial charge on any atom is 0.162 e. The minimum absolute atomic E-state index is 0.438. The van der Waals surface area contributed by atoms with E-state index in [1.54, 1.807) is 26.4 Å². The van der Waals surface area contributed by atoms with E-state index in [1.165, 1.54) is 0 Å². The summed E-state index contributed by atoms with van der Waals surface area (Å²) >= 11 is 6.12. The van der Waals surface area contributed by atoms with E-state index in [4.69, 9.17) is 21.1 Å². The van der Waals surface area contributed by atoms with Crippen LogP contribution >= 0.6 is 11.6 Å². The van der Waals surface area contributed by atoms with Crippen molar-refractivity contribution in [3.63, 3.8) is 0 Å². The van der Waals surface area contributed by atoms with Crippen LogP contribution < -0.4 is 9.47 Å². The first-order valence-electron chi connectivity index (χ1n) is 5.27. The molecule has 0 aliphatic rings. The van der Waals surface area contributed by atoms with Crippen molar-refractivity contribution in [2.45, 2.75) is 13.3 Å². The number of aromatic nitrogens is 2. The number of rotatable bonds is 3.